The molecule has 0 spiro atoms. The molecule has 1 aliphatic carbocycles. The highest BCUT2D eigenvalue weighted by molar-refractivity contribution is 9.09. The van der Waals surface area contributed by atoms with E-state index in [1.165, 1.54) is 70.3 Å². The number of hydrogen-bond donors (Lipinski definition) is 0. The normalized spacial score (nSPS) is 26.6. The molecule has 0 aromatic rings. The first kappa shape index (κ1) is 12.8. The van der Waals surface area contributed by atoms with Crippen molar-refractivity contribution in [1.29, 1.82) is 0 Å². The lowest BCUT2D eigenvalue weighted by molar-refractivity contribution is 0.0544. The molecule has 2 nitrogen and oxygen atoms in total. The summed E-state index contributed by atoms with van der Waals surface area (Å²) in [6, 6.07) is 0. The number of piperazine rings is 1. The second-order valence-electron chi connectivity index (χ2n) is 5.60. The topological polar surface area (TPSA) is 6.48 Å². The Morgan fingerprint density at radius 1 is 1.06 bits per heavy atom. The monoisotopic (exact) mass is 288 g/mol. The third-order valence-electron chi connectivity index (χ3n) is 4.26. The van der Waals surface area contributed by atoms with Gasteiger partial charge < -0.3 is 9.80 Å². The van der Waals surface area contributed by atoms with Crippen LogP contribution in [0.2, 0.25) is 0 Å². The van der Waals surface area contributed by atoms with E-state index in [-0.39, 0.29) is 0 Å². The number of nitrogens with zero attached hydrogens (tertiary/aromatic N) is 2. The second-order valence-corrected chi connectivity index (χ2v) is 6.17. The van der Waals surface area contributed by atoms with Crippen molar-refractivity contribution in [3.8, 4) is 0 Å². The maximum Gasteiger partial charge on any atom is 0.0110 e. The highest BCUT2D eigenvalue weighted by atomic mass is 79.9. The van der Waals surface area contributed by atoms with E-state index in [1.54, 1.807) is 0 Å². The summed E-state index contributed by atoms with van der Waals surface area (Å²) in [5, 5.41) is 1.20. The Balaban J connectivity index is 1.72. The maximum absolute atomic E-state index is 3.71. The minimum Gasteiger partial charge on any atom is -0.301 e. The molecule has 0 bridgehead atoms. The lowest BCUT2D eigenvalue weighted by Gasteiger charge is -2.46. The summed E-state index contributed by atoms with van der Waals surface area (Å²) in [7, 11) is 0. The van der Waals surface area contributed by atoms with E-state index in [0.29, 0.717) is 5.41 Å². The van der Waals surface area contributed by atoms with Gasteiger partial charge in [0, 0.05) is 38.1 Å². The van der Waals surface area contributed by atoms with Gasteiger partial charge >= 0.3 is 0 Å². The summed E-state index contributed by atoms with van der Waals surface area (Å²) in [6.07, 6.45) is 5.62. The molecule has 2 fully saturated rings. The lowest BCUT2D eigenvalue weighted by Crippen LogP contribution is -2.51. The van der Waals surface area contributed by atoms with E-state index in [1.807, 2.05) is 0 Å². The van der Waals surface area contributed by atoms with Crippen LogP contribution in [0.5, 0.6) is 0 Å². The highest BCUT2D eigenvalue weighted by Gasteiger charge is 2.37. The smallest absolute Gasteiger partial charge is 0.0110 e. The first-order valence-electron chi connectivity index (χ1n) is 6.79. The molecule has 0 radical (unpaired) electrons. The maximum atomic E-state index is 3.71. The molecule has 0 unspecified atom stereocenters. The Hall–Kier alpha value is 0.400. The fourth-order valence-corrected chi connectivity index (χ4v) is 3.71. The zero-order chi connectivity index (χ0) is 11.4. The van der Waals surface area contributed by atoms with Gasteiger partial charge in [-0.05, 0) is 31.2 Å². The Labute approximate surface area is 108 Å². The van der Waals surface area contributed by atoms with E-state index in [2.05, 4.69) is 32.7 Å². The van der Waals surface area contributed by atoms with Crippen molar-refractivity contribution in [3.63, 3.8) is 0 Å². The van der Waals surface area contributed by atoms with Crippen LogP contribution in [-0.2, 0) is 0 Å². The highest BCUT2D eigenvalue weighted by Crippen LogP contribution is 2.43. The van der Waals surface area contributed by atoms with Crippen LogP contribution >= 0.6 is 15.9 Å². The van der Waals surface area contributed by atoms with Crippen molar-refractivity contribution in [2.75, 3.05) is 44.6 Å². The van der Waals surface area contributed by atoms with Gasteiger partial charge in [-0.1, -0.05) is 29.3 Å². The molecule has 16 heavy (non-hydrogen) atoms. The molecule has 2 aliphatic rings. The van der Waals surface area contributed by atoms with Crippen molar-refractivity contribution < 1.29 is 0 Å². The number of halogens is 1. The van der Waals surface area contributed by atoms with Crippen molar-refractivity contribution in [1.82, 2.24) is 9.80 Å². The first-order chi connectivity index (χ1) is 7.78. The minimum atomic E-state index is 0.632. The van der Waals surface area contributed by atoms with Gasteiger partial charge in [0.25, 0.3) is 0 Å². The summed E-state index contributed by atoms with van der Waals surface area (Å²) < 4.78 is 0. The second kappa shape index (κ2) is 5.83. The number of alkyl halides is 1. The van der Waals surface area contributed by atoms with Gasteiger partial charge in [0.15, 0.2) is 0 Å². The van der Waals surface area contributed by atoms with Crippen LogP contribution in [0.25, 0.3) is 0 Å². The largest absolute Gasteiger partial charge is 0.301 e. The van der Waals surface area contributed by atoms with Gasteiger partial charge in [-0.3, -0.25) is 0 Å². The quantitative estimate of drug-likeness (QED) is 0.718. The van der Waals surface area contributed by atoms with Crippen molar-refractivity contribution in [2.24, 2.45) is 5.41 Å². The lowest BCUT2D eigenvalue weighted by atomic mass is 9.70. The molecule has 1 heterocycles. The first-order valence-corrected chi connectivity index (χ1v) is 7.91. The van der Waals surface area contributed by atoms with Crippen LogP contribution in [0.15, 0.2) is 0 Å². The predicted molar refractivity (Wildman–Crippen MR) is 73.2 cm³/mol. The summed E-state index contributed by atoms with van der Waals surface area (Å²) in [5.41, 5.74) is 0.632. The van der Waals surface area contributed by atoms with Crippen LogP contribution in [0.4, 0.5) is 0 Å². The van der Waals surface area contributed by atoms with Crippen LogP contribution < -0.4 is 0 Å². The summed E-state index contributed by atoms with van der Waals surface area (Å²) in [6.45, 7) is 10.0. The Bertz CT molecular complexity index is 202. The summed E-state index contributed by atoms with van der Waals surface area (Å²) in [5.74, 6) is 0. The average Bonchev–Trinajstić information content (AvgIpc) is 2.26. The van der Waals surface area contributed by atoms with Crippen molar-refractivity contribution in [3.05, 3.63) is 0 Å². The third kappa shape index (κ3) is 2.99. The van der Waals surface area contributed by atoms with Crippen LogP contribution in [0, 0.1) is 5.41 Å². The summed E-state index contributed by atoms with van der Waals surface area (Å²) in [4.78, 5) is 5.30. The zero-order valence-corrected chi connectivity index (χ0v) is 12.1. The third-order valence-corrected chi connectivity index (χ3v) is 5.45. The van der Waals surface area contributed by atoms with Gasteiger partial charge in [0.2, 0.25) is 0 Å². The molecule has 0 aromatic carbocycles. The van der Waals surface area contributed by atoms with Crippen LogP contribution in [0.3, 0.4) is 0 Å². The van der Waals surface area contributed by atoms with E-state index >= 15 is 0 Å². The number of hydrogen-bond acceptors (Lipinski definition) is 2. The average molecular weight is 289 g/mol. The van der Waals surface area contributed by atoms with Crippen molar-refractivity contribution in [2.45, 2.75) is 32.6 Å². The van der Waals surface area contributed by atoms with E-state index in [4.69, 9.17) is 0 Å². The SMILES string of the molecule is CCCN1CCN(CC2(CBr)CCC2)CC1. The number of rotatable bonds is 5. The Morgan fingerprint density at radius 3 is 2.12 bits per heavy atom. The van der Waals surface area contributed by atoms with Gasteiger partial charge in [-0.2, -0.15) is 0 Å². The molecule has 0 aromatic heterocycles. The van der Waals surface area contributed by atoms with E-state index in [9.17, 15) is 0 Å². The molecular formula is C13H25BrN2. The molecule has 3 heteroatoms. The molecule has 1 saturated carbocycles. The van der Waals surface area contributed by atoms with Gasteiger partial charge in [-0.25, -0.2) is 0 Å². The molecule has 0 N–H and O–H groups in total. The Morgan fingerprint density at radius 2 is 1.69 bits per heavy atom. The fraction of sp³-hybridized carbons (Fsp3) is 1.00. The Kier molecular flexibility index (Phi) is 4.68. The standard InChI is InChI=1S/C13H25BrN2/c1-2-6-15-7-9-16(10-8-15)12-13(11-14)4-3-5-13/h2-12H2,1H3. The summed E-state index contributed by atoms with van der Waals surface area (Å²) >= 11 is 3.71. The van der Waals surface area contributed by atoms with E-state index in [0.717, 1.165) is 0 Å². The molecule has 2 rings (SSSR count). The molecule has 0 amide bonds. The minimum absolute atomic E-state index is 0.632. The molecule has 1 aliphatic heterocycles. The van der Waals surface area contributed by atoms with E-state index < -0.39 is 0 Å². The zero-order valence-electron chi connectivity index (χ0n) is 10.6. The molecule has 94 valence electrons. The van der Waals surface area contributed by atoms with Gasteiger partial charge in [0.1, 0.15) is 0 Å². The van der Waals surface area contributed by atoms with Gasteiger partial charge in [-0.15, -0.1) is 0 Å². The predicted octanol–water partition coefficient (Wildman–Crippen LogP) is 2.58. The van der Waals surface area contributed by atoms with Gasteiger partial charge in [0.05, 0.1) is 0 Å². The van der Waals surface area contributed by atoms with Crippen molar-refractivity contribution >= 4 is 15.9 Å². The fourth-order valence-electron chi connectivity index (χ4n) is 2.97. The van der Waals surface area contributed by atoms with Crippen LogP contribution in [-0.4, -0.2) is 54.4 Å². The molecule has 0 atom stereocenters. The van der Waals surface area contributed by atoms with Crippen LogP contribution in [0.1, 0.15) is 32.6 Å². The molecular weight excluding hydrogens is 264 g/mol. The molecule has 1 saturated heterocycles.